The zero-order valence-corrected chi connectivity index (χ0v) is 7.51. The zero-order valence-electron chi connectivity index (χ0n) is 7.51. The molecule has 0 aromatic heterocycles. The molecule has 0 aromatic rings. The lowest BCUT2D eigenvalue weighted by atomic mass is 10.2. The third kappa shape index (κ3) is 9.70. The Morgan fingerprint density at radius 3 is 2.55 bits per heavy atom. The fraction of sp³-hybridized carbons (Fsp3) is 0.800. The van der Waals surface area contributed by atoms with E-state index in [9.17, 15) is 0 Å². The van der Waals surface area contributed by atoms with Gasteiger partial charge in [0.2, 0.25) is 0 Å². The van der Waals surface area contributed by atoms with Crippen LogP contribution in [0.3, 0.4) is 0 Å². The molecule has 0 spiro atoms. The molecule has 0 fully saturated rings. The van der Waals surface area contributed by atoms with Crippen molar-refractivity contribution in [2.45, 2.75) is 39.0 Å². The van der Waals surface area contributed by atoms with Crippen LogP contribution in [-0.4, -0.2) is 13.2 Å². The first-order chi connectivity index (χ1) is 5.41. The molecule has 0 rings (SSSR count). The van der Waals surface area contributed by atoms with Crippen molar-refractivity contribution in [1.82, 2.24) is 0 Å². The van der Waals surface area contributed by atoms with Crippen LogP contribution in [0, 0.1) is 6.58 Å². The van der Waals surface area contributed by atoms with Crippen LogP contribution < -0.4 is 0 Å². The van der Waals surface area contributed by atoms with Gasteiger partial charge in [0.1, 0.15) is 0 Å². The minimum atomic E-state index is 0.897. The van der Waals surface area contributed by atoms with Crippen molar-refractivity contribution in [3.05, 3.63) is 12.7 Å². The summed E-state index contributed by atoms with van der Waals surface area (Å²) in [5.41, 5.74) is 0. The van der Waals surface area contributed by atoms with Crippen LogP contribution in [-0.2, 0) is 4.74 Å². The monoisotopic (exact) mass is 155 g/mol. The molecule has 0 atom stereocenters. The molecule has 1 heteroatoms. The average Bonchev–Trinajstić information content (AvgIpc) is 2.03. The number of allylic oxidation sites excluding steroid dienone is 1. The van der Waals surface area contributed by atoms with Gasteiger partial charge in [0.25, 0.3) is 0 Å². The standard InChI is InChI=1S/C10H19O/c1-3-5-7-8-10-11-9-6-4-2/h1,3H,4-10H2,2H3. The average molecular weight is 155 g/mol. The van der Waals surface area contributed by atoms with Gasteiger partial charge in [-0.1, -0.05) is 26.0 Å². The molecule has 0 saturated carbocycles. The highest BCUT2D eigenvalue weighted by Gasteiger charge is 1.87. The van der Waals surface area contributed by atoms with E-state index in [4.69, 9.17) is 11.3 Å². The van der Waals surface area contributed by atoms with Crippen LogP contribution in [0.15, 0.2) is 6.08 Å². The summed E-state index contributed by atoms with van der Waals surface area (Å²) in [5, 5.41) is 0. The van der Waals surface area contributed by atoms with E-state index >= 15 is 0 Å². The number of hydrogen-bond donors (Lipinski definition) is 0. The predicted octanol–water partition coefficient (Wildman–Crippen LogP) is 2.96. The van der Waals surface area contributed by atoms with Gasteiger partial charge in [-0.15, -0.1) is 0 Å². The van der Waals surface area contributed by atoms with E-state index in [1.54, 1.807) is 6.08 Å². The summed E-state index contributed by atoms with van der Waals surface area (Å²) in [6.45, 7) is 9.21. The Morgan fingerprint density at radius 1 is 1.18 bits per heavy atom. The van der Waals surface area contributed by atoms with Crippen molar-refractivity contribution in [3.8, 4) is 0 Å². The van der Waals surface area contributed by atoms with E-state index in [2.05, 4.69) is 6.92 Å². The maximum absolute atomic E-state index is 5.37. The van der Waals surface area contributed by atoms with Gasteiger partial charge in [-0.25, -0.2) is 0 Å². The van der Waals surface area contributed by atoms with Gasteiger partial charge in [-0.2, -0.15) is 0 Å². The molecule has 0 unspecified atom stereocenters. The van der Waals surface area contributed by atoms with Gasteiger partial charge in [0.15, 0.2) is 0 Å². The van der Waals surface area contributed by atoms with Crippen molar-refractivity contribution in [2.24, 2.45) is 0 Å². The molecule has 65 valence electrons. The minimum absolute atomic E-state index is 0.897. The lowest BCUT2D eigenvalue weighted by Crippen LogP contribution is -1.95. The Morgan fingerprint density at radius 2 is 1.91 bits per heavy atom. The zero-order chi connectivity index (χ0) is 8.36. The normalized spacial score (nSPS) is 9.91. The van der Waals surface area contributed by atoms with Gasteiger partial charge < -0.3 is 4.74 Å². The highest BCUT2D eigenvalue weighted by Crippen LogP contribution is 1.96. The van der Waals surface area contributed by atoms with E-state index in [-0.39, 0.29) is 0 Å². The lowest BCUT2D eigenvalue weighted by Gasteiger charge is -2.01. The van der Waals surface area contributed by atoms with E-state index < -0.39 is 0 Å². The smallest absolute Gasteiger partial charge is 0.0466 e. The van der Waals surface area contributed by atoms with Gasteiger partial charge in [0.05, 0.1) is 0 Å². The highest BCUT2D eigenvalue weighted by atomic mass is 16.5. The van der Waals surface area contributed by atoms with Crippen LogP contribution >= 0.6 is 0 Å². The molecular weight excluding hydrogens is 136 g/mol. The molecule has 0 amide bonds. The van der Waals surface area contributed by atoms with Crippen molar-refractivity contribution < 1.29 is 4.74 Å². The number of unbranched alkanes of at least 4 members (excludes halogenated alkanes) is 3. The van der Waals surface area contributed by atoms with Crippen molar-refractivity contribution in [2.75, 3.05) is 13.2 Å². The summed E-state index contributed by atoms with van der Waals surface area (Å²) in [6.07, 6.45) is 7.42. The third-order valence-electron chi connectivity index (χ3n) is 1.55. The fourth-order valence-electron chi connectivity index (χ4n) is 0.815. The molecule has 1 nitrogen and oxygen atoms in total. The largest absolute Gasteiger partial charge is 0.381 e. The predicted molar refractivity (Wildman–Crippen MR) is 48.4 cm³/mol. The van der Waals surface area contributed by atoms with E-state index in [0.29, 0.717) is 0 Å². The molecule has 0 bridgehead atoms. The molecule has 1 radical (unpaired) electrons. The number of rotatable bonds is 8. The highest BCUT2D eigenvalue weighted by molar-refractivity contribution is 4.61. The summed E-state index contributed by atoms with van der Waals surface area (Å²) in [4.78, 5) is 0. The molecule has 0 N–H and O–H groups in total. The quantitative estimate of drug-likeness (QED) is 0.490. The second kappa shape index (κ2) is 9.70. The van der Waals surface area contributed by atoms with Crippen molar-refractivity contribution in [3.63, 3.8) is 0 Å². The van der Waals surface area contributed by atoms with E-state index in [0.717, 1.165) is 32.5 Å². The first-order valence-corrected chi connectivity index (χ1v) is 4.53. The second-order valence-corrected chi connectivity index (χ2v) is 2.70. The summed E-state index contributed by atoms with van der Waals surface area (Å²) in [6, 6.07) is 0. The van der Waals surface area contributed by atoms with Gasteiger partial charge in [-0.05, 0) is 25.7 Å². The fourth-order valence-corrected chi connectivity index (χ4v) is 0.815. The number of ether oxygens (including phenoxy) is 1. The summed E-state index contributed by atoms with van der Waals surface area (Å²) < 4.78 is 5.37. The molecule has 0 saturated heterocycles. The van der Waals surface area contributed by atoms with Crippen LogP contribution in [0.2, 0.25) is 0 Å². The minimum Gasteiger partial charge on any atom is -0.381 e. The summed E-state index contributed by atoms with van der Waals surface area (Å²) >= 11 is 0. The lowest BCUT2D eigenvalue weighted by molar-refractivity contribution is 0.128. The van der Waals surface area contributed by atoms with E-state index in [1.165, 1.54) is 12.8 Å². The summed E-state index contributed by atoms with van der Waals surface area (Å²) in [5.74, 6) is 0. The van der Waals surface area contributed by atoms with Crippen LogP contribution in [0.25, 0.3) is 0 Å². The molecule has 0 heterocycles. The maximum Gasteiger partial charge on any atom is 0.0466 e. The van der Waals surface area contributed by atoms with Gasteiger partial charge in [-0.3, -0.25) is 0 Å². The molecule has 11 heavy (non-hydrogen) atoms. The Kier molecular flexibility index (Phi) is 9.44. The topological polar surface area (TPSA) is 9.23 Å². The second-order valence-electron chi connectivity index (χ2n) is 2.70. The van der Waals surface area contributed by atoms with Crippen molar-refractivity contribution >= 4 is 0 Å². The molecule has 0 aliphatic carbocycles. The maximum atomic E-state index is 5.37. The number of hydrogen-bond acceptors (Lipinski definition) is 1. The Labute approximate surface area is 70.4 Å². The van der Waals surface area contributed by atoms with Crippen LogP contribution in [0.5, 0.6) is 0 Å². The first-order valence-electron chi connectivity index (χ1n) is 4.53. The Balaban J connectivity index is 2.74. The molecular formula is C10H19O. The Hall–Kier alpha value is -0.300. The third-order valence-corrected chi connectivity index (χ3v) is 1.55. The molecule has 0 aliphatic heterocycles. The summed E-state index contributed by atoms with van der Waals surface area (Å²) in [7, 11) is 0. The molecule has 0 aliphatic rings. The molecule has 0 aromatic carbocycles. The van der Waals surface area contributed by atoms with Gasteiger partial charge >= 0.3 is 0 Å². The van der Waals surface area contributed by atoms with Crippen LogP contribution in [0.1, 0.15) is 39.0 Å². The van der Waals surface area contributed by atoms with E-state index in [1.807, 2.05) is 0 Å². The first kappa shape index (κ1) is 10.7. The van der Waals surface area contributed by atoms with Crippen LogP contribution in [0.4, 0.5) is 0 Å². The van der Waals surface area contributed by atoms with Crippen molar-refractivity contribution in [1.29, 1.82) is 0 Å². The Bertz CT molecular complexity index is 78.9. The van der Waals surface area contributed by atoms with Gasteiger partial charge in [0, 0.05) is 13.2 Å². The SMILES string of the molecule is [CH]=CCCCCOCCCC.